The first kappa shape index (κ1) is 11.8. The topological polar surface area (TPSA) is 20.2 Å². The first-order valence-corrected chi connectivity index (χ1v) is 7.26. The largest absolute Gasteiger partial charge is 0.383 e. The molecule has 4 heteroatoms. The van der Waals surface area contributed by atoms with Gasteiger partial charge >= 0.3 is 0 Å². The Balaban J connectivity index is 2.00. The third-order valence-corrected chi connectivity index (χ3v) is 5.07. The zero-order chi connectivity index (χ0) is 12.7. The molecule has 0 saturated heterocycles. The molecule has 0 bridgehead atoms. The summed E-state index contributed by atoms with van der Waals surface area (Å²) < 4.78 is 15.6. The minimum Gasteiger partial charge on any atom is -0.383 e. The minimum atomic E-state index is -0.672. The van der Waals surface area contributed by atoms with E-state index in [-0.39, 0.29) is 5.82 Å². The molecule has 0 spiro atoms. The Labute approximate surface area is 112 Å². The van der Waals surface area contributed by atoms with E-state index in [4.69, 9.17) is 0 Å². The molecular weight excluding hydrogens is 267 g/mol. The molecule has 0 aliphatic rings. The van der Waals surface area contributed by atoms with Crippen molar-refractivity contribution < 1.29 is 9.50 Å². The monoisotopic (exact) mass is 278 g/mol. The van der Waals surface area contributed by atoms with Crippen LogP contribution in [0.15, 0.2) is 35.7 Å². The molecule has 1 nitrogen and oxygen atoms in total. The molecular formula is C14H11FOS2. The number of rotatable bonds is 2. The normalized spacial score (nSPS) is 13.1. The zero-order valence-corrected chi connectivity index (χ0v) is 11.3. The molecule has 2 heterocycles. The van der Waals surface area contributed by atoms with E-state index in [2.05, 4.69) is 6.07 Å². The van der Waals surface area contributed by atoms with E-state index in [0.29, 0.717) is 5.56 Å². The van der Waals surface area contributed by atoms with Crippen molar-refractivity contribution in [2.45, 2.75) is 13.0 Å². The van der Waals surface area contributed by atoms with Gasteiger partial charge in [0.15, 0.2) is 0 Å². The molecule has 0 aliphatic carbocycles. The second-order valence-electron chi connectivity index (χ2n) is 4.21. The Morgan fingerprint density at radius 3 is 2.72 bits per heavy atom. The van der Waals surface area contributed by atoms with Gasteiger partial charge in [0.2, 0.25) is 0 Å². The van der Waals surface area contributed by atoms with Gasteiger partial charge in [-0.15, -0.1) is 22.7 Å². The highest BCUT2D eigenvalue weighted by molar-refractivity contribution is 7.26. The molecule has 3 rings (SSSR count). The summed E-state index contributed by atoms with van der Waals surface area (Å²) in [5.41, 5.74) is 1.30. The molecule has 1 unspecified atom stereocenters. The molecule has 1 N–H and O–H groups in total. The van der Waals surface area contributed by atoms with Crippen molar-refractivity contribution in [2.24, 2.45) is 0 Å². The van der Waals surface area contributed by atoms with Crippen molar-refractivity contribution in [2.75, 3.05) is 0 Å². The van der Waals surface area contributed by atoms with Gasteiger partial charge < -0.3 is 5.11 Å². The SMILES string of the molecule is Cc1cc(C(O)c2cc3sccc3s2)ccc1F. The Morgan fingerprint density at radius 2 is 2.00 bits per heavy atom. The molecule has 0 aliphatic heterocycles. The van der Waals surface area contributed by atoms with E-state index in [0.717, 1.165) is 10.4 Å². The number of halogens is 1. The maximum atomic E-state index is 13.2. The maximum Gasteiger partial charge on any atom is 0.126 e. The van der Waals surface area contributed by atoms with E-state index in [1.54, 1.807) is 41.7 Å². The van der Waals surface area contributed by atoms with Gasteiger partial charge in [0.1, 0.15) is 11.9 Å². The molecule has 3 aromatic rings. The van der Waals surface area contributed by atoms with Crippen molar-refractivity contribution in [1.29, 1.82) is 0 Å². The average Bonchev–Trinajstić information content (AvgIpc) is 2.92. The Bertz CT molecular complexity index is 670. The van der Waals surface area contributed by atoms with Crippen LogP contribution in [0.25, 0.3) is 9.40 Å². The summed E-state index contributed by atoms with van der Waals surface area (Å²) >= 11 is 3.25. The predicted molar refractivity (Wildman–Crippen MR) is 74.9 cm³/mol. The van der Waals surface area contributed by atoms with Gasteiger partial charge in [-0.1, -0.05) is 12.1 Å². The van der Waals surface area contributed by atoms with Crippen LogP contribution >= 0.6 is 22.7 Å². The molecule has 0 amide bonds. The van der Waals surface area contributed by atoms with Crippen molar-refractivity contribution >= 4 is 32.1 Å². The number of aliphatic hydroxyl groups is 1. The van der Waals surface area contributed by atoms with Crippen LogP contribution in [-0.2, 0) is 0 Å². The summed E-state index contributed by atoms with van der Waals surface area (Å²) in [5.74, 6) is -0.238. The number of fused-ring (bicyclic) bond motifs is 1. The quantitative estimate of drug-likeness (QED) is 0.732. The third kappa shape index (κ3) is 1.96. The number of aliphatic hydroxyl groups excluding tert-OH is 1. The molecule has 0 radical (unpaired) electrons. The van der Waals surface area contributed by atoms with E-state index in [1.807, 2.05) is 11.4 Å². The van der Waals surface area contributed by atoms with Crippen LogP contribution in [0.3, 0.4) is 0 Å². The highest BCUT2D eigenvalue weighted by Crippen LogP contribution is 2.35. The van der Waals surface area contributed by atoms with Crippen LogP contribution in [-0.4, -0.2) is 5.11 Å². The van der Waals surface area contributed by atoms with Gasteiger partial charge in [0.25, 0.3) is 0 Å². The fourth-order valence-corrected chi connectivity index (χ4v) is 4.06. The summed E-state index contributed by atoms with van der Waals surface area (Å²) in [6.07, 6.45) is -0.672. The van der Waals surface area contributed by atoms with Crippen molar-refractivity contribution in [3.63, 3.8) is 0 Å². The lowest BCUT2D eigenvalue weighted by Crippen LogP contribution is -1.98. The van der Waals surface area contributed by atoms with E-state index in [9.17, 15) is 9.50 Å². The number of aryl methyl sites for hydroxylation is 1. The zero-order valence-electron chi connectivity index (χ0n) is 9.68. The van der Waals surface area contributed by atoms with E-state index < -0.39 is 6.10 Å². The fourth-order valence-electron chi connectivity index (χ4n) is 1.92. The standard InChI is InChI=1S/C14H11FOS2/c1-8-6-9(2-3-10(8)15)14(16)13-7-12-11(18-13)4-5-17-12/h2-7,14,16H,1H3. The van der Waals surface area contributed by atoms with Crippen LogP contribution in [0.1, 0.15) is 22.1 Å². The molecule has 2 aromatic heterocycles. The van der Waals surface area contributed by atoms with Gasteiger partial charge in [-0.3, -0.25) is 0 Å². The second kappa shape index (κ2) is 4.46. The Kier molecular flexibility index (Phi) is 2.93. The lowest BCUT2D eigenvalue weighted by Gasteiger charge is -2.09. The Morgan fingerprint density at radius 1 is 1.17 bits per heavy atom. The van der Waals surface area contributed by atoms with E-state index >= 15 is 0 Å². The summed E-state index contributed by atoms with van der Waals surface area (Å²) in [4.78, 5) is 0.905. The smallest absolute Gasteiger partial charge is 0.126 e. The van der Waals surface area contributed by atoms with Gasteiger partial charge in [-0.2, -0.15) is 0 Å². The molecule has 0 saturated carbocycles. The number of hydrogen-bond acceptors (Lipinski definition) is 3. The van der Waals surface area contributed by atoms with Gasteiger partial charge in [0.05, 0.1) is 0 Å². The van der Waals surface area contributed by atoms with Gasteiger partial charge in [0, 0.05) is 14.3 Å². The average molecular weight is 278 g/mol. The number of benzene rings is 1. The van der Waals surface area contributed by atoms with Crippen LogP contribution in [0.5, 0.6) is 0 Å². The second-order valence-corrected chi connectivity index (χ2v) is 6.27. The molecule has 1 aromatic carbocycles. The van der Waals surface area contributed by atoms with Crippen LogP contribution in [0.2, 0.25) is 0 Å². The molecule has 0 fully saturated rings. The lowest BCUT2D eigenvalue weighted by atomic mass is 10.1. The molecule has 18 heavy (non-hydrogen) atoms. The van der Waals surface area contributed by atoms with Crippen LogP contribution in [0, 0.1) is 12.7 Å². The first-order valence-electron chi connectivity index (χ1n) is 5.56. The lowest BCUT2D eigenvalue weighted by molar-refractivity contribution is 0.224. The fraction of sp³-hybridized carbons (Fsp3) is 0.143. The minimum absolute atomic E-state index is 0.238. The summed E-state index contributed by atoms with van der Waals surface area (Å²) in [5, 5.41) is 12.4. The Hall–Kier alpha value is -1.23. The highest BCUT2D eigenvalue weighted by Gasteiger charge is 2.15. The van der Waals surface area contributed by atoms with Crippen molar-refractivity contribution in [1.82, 2.24) is 0 Å². The van der Waals surface area contributed by atoms with Crippen molar-refractivity contribution in [3.05, 3.63) is 57.5 Å². The predicted octanol–water partition coefficient (Wildman–Crippen LogP) is 4.49. The number of hydrogen-bond donors (Lipinski definition) is 1. The summed E-state index contributed by atoms with van der Waals surface area (Å²) in [6.45, 7) is 1.71. The molecule has 1 atom stereocenters. The van der Waals surface area contributed by atoms with Gasteiger partial charge in [-0.05, 0) is 41.6 Å². The third-order valence-electron chi connectivity index (χ3n) is 2.93. The summed E-state index contributed by atoms with van der Waals surface area (Å²) in [6, 6.07) is 8.81. The number of thiophene rings is 2. The molecule has 92 valence electrons. The van der Waals surface area contributed by atoms with Crippen LogP contribution in [0.4, 0.5) is 4.39 Å². The maximum absolute atomic E-state index is 13.2. The van der Waals surface area contributed by atoms with Crippen molar-refractivity contribution in [3.8, 4) is 0 Å². The van der Waals surface area contributed by atoms with Gasteiger partial charge in [-0.25, -0.2) is 4.39 Å². The summed E-state index contributed by atoms with van der Waals surface area (Å²) in [7, 11) is 0. The first-order chi connectivity index (χ1) is 8.65. The van der Waals surface area contributed by atoms with Crippen LogP contribution < -0.4 is 0 Å². The van der Waals surface area contributed by atoms with E-state index in [1.165, 1.54) is 15.5 Å². The highest BCUT2D eigenvalue weighted by atomic mass is 32.1.